The number of nitrogens with zero attached hydrogens (tertiary/aromatic N) is 1. The number of phenols is 1. The third-order valence-electron chi connectivity index (χ3n) is 5.39. The van der Waals surface area contributed by atoms with Gasteiger partial charge in [0.25, 0.3) is 5.91 Å². The SMILES string of the molecule is Cc1cc([C@H]2Nc3ccccc3C(=O)N2c2ccc3c(c2)OCO3)cc(C)c1O. The molecule has 0 saturated heterocycles. The molecule has 6 heteroatoms. The molecule has 5 rings (SSSR count). The van der Waals surface area contributed by atoms with Crippen LogP contribution in [0.25, 0.3) is 0 Å². The average molecular weight is 388 g/mol. The van der Waals surface area contributed by atoms with Crippen LogP contribution in [-0.2, 0) is 0 Å². The molecule has 2 heterocycles. The van der Waals surface area contributed by atoms with Crippen molar-refractivity contribution >= 4 is 17.3 Å². The first-order valence-corrected chi connectivity index (χ1v) is 9.42. The molecule has 0 saturated carbocycles. The molecule has 0 radical (unpaired) electrons. The summed E-state index contributed by atoms with van der Waals surface area (Å²) in [5.41, 5.74) is 4.50. The van der Waals surface area contributed by atoms with Crippen LogP contribution in [0.4, 0.5) is 11.4 Å². The number of fused-ring (bicyclic) bond motifs is 2. The summed E-state index contributed by atoms with van der Waals surface area (Å²) < 4.78 is 10.9. The van der Waals surface area contributed by atoms with E-state index in [0.717, 1.165) is 22.4 Å². The minimum Gasteiger partial charge on any atom is -0.507 e. The molecule has 0 bridgehead atoms. The number of hydrogen-bond acceptors (Lipinski definition) is 5. The van der Waals surface area contributed by atoms with Gasteiger partial charge in [-0.3, -0.25) is 9.69 Å². The number of aryl methyl sites for hydroxylation is 2. The lowest BCUT2D eigenvalue weighted by Crippen LogP contribution is -2.43. The van der Waals surface area contributed by atoms with Crippen molar-refractivity contribution in [3.8, 4) is 17.2 Å². The Kier molecular flexibility index (Phi) is 3.87. The lowest BCUT2D eigenvalue weighted by Gasteiger charge is -2.38. The van der Waals surface area contributed by atoms with Gasteiger partial charge in [0.05, 0.1) is 11.3 Å². The van der Waals surface area contributed by atoms with Crippen LogP contribution in [0.5, 0.6) is 17.2 Å². The Morgan fingerprint density at radius 3 is 2.52 bits per heavy atom. The first-order chi connectivity index (χ1) is 14.0. The molecule has 3 aromatic carbocycles. The molecule has 2 N–H and O–H groups in total. The van der Waals surface area contributed by atoms with Crippen molar-refractivity contribution < 1.29 is 19.4 Å². The van der Waals surface area contributed by atoms with Crippen LogP contribution in [0.3, 0.4) is 0 Å². The van der Waals surface area contributed by atoms with Crippen molar-refractivity contribution in [3.05, 3.63) is 76.9 Å². The first-order valence-electron chi connectivity index (χ1n) is 9.42. The van der Waals surface area contributed by atoms with Gasteiger partial charge >= 0.3 is 0 Å². The first kappa shape index (κ1) is 17.4. The minimum absolute atomic E-state index is 0.105. The van der Waals surface area contributed by atoms with Gasteiger partial charge in [0.15, 0.2) is 11.5 Å². The third kappa shape index (κ3) is 2.76. The second-order valence-corrected chi connectivity index (χ2v) is 7.31. The van der Waals surface area contributed by atoms with Gasteiger partial charge in [-0.1, -0.05) is 12.1 Å². The van der Waals surface area contributed by atoms with Gasteiger partial charge in [-0.25, -0.2) is 0 Å². The fraction of sp³-hybridized carbons (Fsp3) is 0.174. The number of amides is 1. The number of carbonyl (C=O) groups is 1. The topological polar surface area (TPSA) is 71.0 Å². The predicted molar refractivity (Wildman–Crippen MR) is 110 cm³/mol. The summed E-state index contributed by atoms with van der Waals surface area (Å²) in [7, 11) is 0. The Morgan fingerprint density at radius 2 is 1.72 bits per heavy atom. The zero-order valence-corrected chi connectivity index (χ0v) is 16.1. The predicted octanol–water partition coefficient (Wildman–Crippen LogP) is 4.51. The third-order valence-corrected chi connectivity index (χ3v) is 5.39. The van der Waals surface area contributed by atoms with Crippen LogP contribution in [-0.4, -0.2) is 17.8 Å². The number of ether oxygens (including phenoxy) is 2. The summed E-state index contributed by atoms with van der Waals surface area (Å²) in [6.45, 7) is 3.89. The lowest BCUT2D eigenvalue weighted by atomic mass is 9.99. The number of para-hydroxylation sites is 1. The van der Waals surface area contributed by atoms with E-state index < -0.39 is 6.17 Å². The molecule has 1 atom stereocenters. The molecule has 1 amide bonds. The molecule has 0 unspecified atom stereocenters. The van der Waals surface area contributed by atoms with Crippen LogP contribution in [0, 0.1) is 13.8 Å². The number of nitrogens with one attached hydrogen (secondary N) is 1. The number of hydrogen-bond donors (Lipinski definition) is 2. The van der Waals surface area contributed by atoms with Gasteiger partial charge in [0.1, 0.15) is 11.9 Å². The van der Waals surface area contributed by atoms with Crippen LogP contribution in [0.1, 0.15) is 33.2 Å². The molecule has 2 aliphatic rings. The highest BCUT2D eigenvalue weighted by atomic mass is 16.7. The van der Waals surface area contributed by atoms with E-state index in [-0.39, 0.29) is 18.4 Å². The second kappa shape index (κ2) is 6.44. The van der Waals surface area contributed by atoms with Crippen molar-refractivity contribution in [1.82, 2.24) is 0 Å². The standard InChI is InChI=1S/C23H20N2O4/c1-13-9-15(10-14(2)21(13)26)22-24-18-6-4-3-5-17(18)23(27)25(22)16-7-8-19-20(11-16)29-12-28-19/h3-11,22,24,26H,12H2,1-2H3/t22-/m0/s1. The number of aromatic hydroxyl groups is 1. The van der Waals surface area contributed by atoms with Crippen molar-refractivity contribution in [1.29, 1.82) is 0 Å². The molecular weight excluding hydrogens is 368 g/mol. The molecule has 0 spiro atoms. The summed E-state index contributed by atoms with van der Waals surface area (Å²) in [6, 6.07) is 16.8. The van der Waals surface area contributed by atoms with E-state index in [1.165, 1.54) is 0 Å². The molecule has 29 heavy (non-hydrogen) atoms. The Balaban J connectivity index is 1.67. The summed E-state index contributed by atoms with van der Waals surface area (Å²) in [5.74, 6) is 1.45. The molecule has 0 aromatic heterocycles. The Labute approximate surface area is 168 Å². The maximum absolute atomic E-state index is 13.5. The Morgan fingerprint density at radius 1 is 1.00 bits per heavy atom. The van der Waals surface area contributed by atoms with E-state index in [2.05, 4.69) is 5.32 Å². The van der Waals surface area contributed by atoms with E-state index in [4.69, 9.17) is 9.47 Å². The molecular formula is C23H20N2O4. The second-order valence-electron chi connectivity index (χ2n) is 7.31. The van der Waals surface area contributed by atoms with Crippen molar-refractivity contribution in [2.45, 2.75) is 20.0 Å². The van der Waals surface area contributed by atoms with Crippen molar-refractivity contribution in [3.63, 3.8) is 0 Å². The quantitative estimate of drug-likeness (QED) is 0.676. The van der Waals surface area contributed by atoms with Gasteiger partial charge in [0.2, 0.25) is 6.79 Å². The zero-order valence-electron chi connectivity index (χ0n) is 16.1. The highest BCUT2D eigenvalue weighted by molar-refractivity contribution is 6.12. The lowest BCUT2D eigenvalue weighted by molar-refractivity contribution is 0.0975. The number of anilines is 2. The fourth-order valence-corrected chi connectivity index (χ4v) is 3.94. The molecule has 2 aliphatic heterocycles. The summed E-state index contributed by atoms with van der Waals surface area (Å²) in [4.78, 5) is 15.2. The number of carbonyl (C=O) groups excluding carboxylic acids is 1. The summed E-state index contributed by atoms with van der Waals surface area (Å²) in [5, 5.41) is 13.7. The summed E-state index contributed by atoms with van der Waals surface area (Å²) >= 11 is 0. The highest BCUT2D eigenvalue weighted by Gasteiger charge is 2.35. The number of phenolic OH excluding ortho intramolecular Hbond substituents is 1. The Hall–Kier alpha value is -3.67. The maximum Gasteiger partial charge on any atom is 0.262 e. The van der Waals surface area contributed by atoms with Gasteiger partial charge in [0, 0.05) is 11.8 Å². The van der Waals surface area contributed by atoms with Gasteiger partial charge < -0.3 is 19.9 Å². The van der Waals surface area contributed by atoms with Crippen molar-refractivity contribution in [2.75, 3.05) is 17.0 Å². The monoisotopic (exact) mass is 388 g/mol. The molecule has 0 fully saturated rings. The van der Waals surface area contributed by atoms with Crippen molar-refractivity contribution in [2.24, 2.45) is 0 Å². The van der Waals surface area contributed by atoms with Crippen LogP contribution in [0.2, 0.25) is 0 Å². The molecule has 6 nitrogen and oxygen atoms in total. The Bertz CT molecular complexity index is 1120. The fourth-order valence-electron chi connectivity index (χ4n) is 3.94. The molecule has 3 aromatic rings. The summed E-state index contributed by atoms with van der Waals surface area (Å²) in [6.07, 6.45) is -0.434. The smallest absolute Gasteiger partial charge is 0.262 e. The molecule has 0 aliphatic carbocycles. The largest absolute Gasteiger partial charge is 0.507 e. The number of rotatable bonds is 2. The van der Waals surface area contributed by atoms with E-state index in [9.17, 15) is 9.90 Å². The minimum atomic E-state index is -0.434. The normalized spacial score (nSPS) is 17.1. The maximum atomic E-state index is 13.5. The van der Waals surface area contributed by atoms with E-state index in [1.807, 2.05) is 68.4 Å². The van der Waals surface area contributed by atoms with E-state index in [0.29, 0.717) is 22.7 Å². The van der Waals surface area contributed by atoms with Crippen LogP contribution < -0.4 is 19.7 Å². The number of benzene rings is 3. The van der Waals surface area contributed by atoms with Crippen LogP contribution in [0.15, 0.2) is 54.6 Å². The van der Waals surface area contributed by atoms with Gasteiger partial charge in [-0.2, -0.15) is 0 Å². The van der Waals surface area contributed by atoms with Crippen LogP contribution >= 0.6 is 0 Å². The van der Waals surface area contributed by atoms with E-state index in [1.54, 1.807) is 4.90 Å². The zero-order chi connectivity index (χ0) is 20.1. The highest BCUT2D eigenvalue weighted by Crippen LogP contribution is 2.42. The van der Waals surface area contributed by atoms with Gasteiger partial charge in [-0.15, -0.1) is 0 Å². The van der Waals surface area contributed by atoms with E-state index >= 15 is 0 Å². The average Bonchev–Trinajstić information content (AvgIpc) is 3.19. The van der Waals surface area contributed by atoms with Gasteiger partial charge in [-0.05, 0) is 66.9 Å². The molecule has 146 valence electrons.